The first-order chi connectivity index (χ1) is 8.99. The van der Waals surface area contributed by atoms with Crippen molar-refractivity contribution in [3.05, 3.63) is 0 Å². The molecule has 0 aliphatic rings. The molecule has 0 aromatic heterocycles. The van der Waals surface area contributed by atoms with Gasteiger partial charge in [0.05, 0.1) is 12.9 Å². The van der Waals surface area contributed by atoms with E-state index in [1.807, 2.05) is 27.7 Å². The highest BCUT2D eigenvalue weighted by Gasteiger charge is 2.15. The summed E-state index contributed by atoms with van der Waals surface area (Å²) in [5.74, 6) is 0.172. The summed E-state index contributed by atoms with van der Waals surface area (Å²) >= 11 is 0. The summed E-state index contributed by atoms with van der Waals surface area (Å²) in [7, 11) is -3.36. The zero-order chi connectivity index (χ0) is 15.8. The normalized spacial score (nSPS) is 13.8. The highest BCUT2D eigenvalue weighted by Crippen LogP contribution is 2.09. The fourth-order valence-electron chi connectivity index (χ4n) is 1.45. The van der Waals surface area contributed by atoms with Crippen LogP contribution < -0.4 is 5.32 Å². The standard InChI is InChI=1S/C13H27NO5S/c1-11(10-18-20(5,16)17)8-6-7-9-14-12(15)19-13(2,3)4/h11H,6-10H2,1-5H3,(H,14,15). The Morgan fingerprint density at radius 3 is 2.35 bits per heavy atom. The first-order valence-corrected chi connectivity index (χ1v) is 8.62. The molecule has 0 aromatic carbocycles. The van der Waals surface area contributed by atoms with E-state index in [-0.39, 0.29) is 12.5 Å². The Morgan fingerprint density at radius 2 is 1.85 bits per heavy atom. The van der Waals surface area contributed by atoms with Crippen molar-refractivity contribution in [1.29, 1.82) is 0 Å². The van der Waals surface area contributed by atoms with E-state index in [0.29, 0.717) is 6.54 Å². The lowest BCUT2D eigenvalue weighted by atomic mass is 10.1. The van der Waals surface area contributed by atoms with Gasteiger partial charge in [-0.05, 0) is 39.5 Å². The number of unbranched alkanes of at least 4 members (excludes halogenated alkanes) is 1. The summed E-state index contributed by atoms with van der Waals surface area (Å²) in [6.45, 7) is 8.14. The van der Waals surface area contributed by atoms with Crippen molar-refractivity contribution in [3.8, 4) is 0 Å². The van der Waals surface area contributed by atoms with Crippen LogP contribution in [0.4, 0.5) is 4.79 Å². The van der Waals surface area contributed by atoms with Crippen LogP contribution in [0.5, 0.6) is 0 Å². The van der Waals surface area contributed by atoms with Crippen LogP contribution in [-0.2, 0) is 19.0 Å². The van der Waals surface area contributed by atoms with Crippen LogP contribution in [0, 0.1) is 5.92 Å². The first-order valence-electron chi connectivity index (χ1n) is 6.81. The monoisotopic (exact) mass is 309 g/mol. The molecule has 0 rings (SSSR count). The molecular formula is C13H27NO5S. The molecule has 0 aliphatic carbocycles. The second-order valence-corrected chi connectivity index (χ2v) is 7.66. The summed E-state index contributed by atoms with van der Waals surface area (Å²) in [5.41, 5.74) is -0.485. The van der Waals surface area contributed by atoms with E-state index in [9.17, 15) is 13.2 Å². The second-order valence-electron chi connectivity index (χ2n) is 6.02. The molecule has 0 heterocycles. The Hall–Kier alpha value is -0.820. The number of hydrogen-bond donors (Lipinski definition) is 1. The minimum atomic E-state index is -3.36. The molecule has 6 nitrogen and oxygen atoms in total. The van der Waals surface area contributed by atoms with Gasteiger partial charge in [0.25, 0.3) is 10.1 Å². The molecular weight excluding hydrogens is 282 g/mol. The van der Waals surface area contributed by atoms with E-state index in [1.165, 1.54) is 0 Å². The van der Waals surface area contributed by atoms with Gasteiger partial charge in [-0.3, -0.25) is 4.18 Å². The highest BCUT2D eigenvalue weighted by atomic mass is 32.2. The third-order valence-electron chi connectivity index (χ3n) is 2.36. The van der Waals surface area contributed by atoms with Crippen molar-refractivity contribution < 1.29 is 22.1 Å². The molecule has 20 heavy (non-hydrogen) atoms. The van der Waals surface area contributed by atoms with Crippen molar-refractivity contribution in [2.24, 2.45) is 5.92 Å². The van der Waals surface area contributed by atoms with Crippen LogP contribution in [0.1, 0.15) is 47.0 Å². The van der Waals surface area contributed by atoms with Crippen molar-refractivity contribution in [3.63, 3.8) is 0 Å². The van der Waals surface area contributed by atoms with Crippen LogP contribution in [-0.4, -0.2) is 39.5 Å². The Kier molecular flexibility index (Phi) is 8.12. The molecule has 0 saturated carbocycles. The van der Waals surface area contributed by atoms with Gasteiger partial charge in [-0.25, -0.2) is 4.79 Å². The van der Waals surface area contributed by atoms with Gasteiger partial charge < -0.3 is 10.1 Å². The van der Waals surface area contributed by atoms with Gasteiger partial charge in [0, 0.05) is 6.54 Å². The minimum Gasteiger partial charge on any atom is -0.444 e. The van der Waals surface area contributed by atoms with E-state index < -0.39 is 21.8 Å². The number of alkyl carbamates (subject to hydrolysis) is 1. The van der Waals surface area contributed by atoms with Gasteiger partial charge in [-0.2, -0.15) is 8.42 Å². The Bertz CT molecular complexity index is 386. The van der Waals surface area contributed by atoms with Crippen LogP contribution in [0.15, 0.2) is 0 Å². The minimum absolute atomic E-state index is 0.172. The van der Waals surface area contributed by atoms with E-state index >= 15 is 0 Å². The van der Waals surface area contributed by atoms with E-state index in [0.717, 1.165) is 25.5 Å². The molecule has 0 fully saturated rings. The number of nitrogens with one attached hydrogen (secondary N) is 1. The molecule has 1 atom stereocenters. The van der Waals surface area contributed by atoms with Gasteiger partial charge >= 0.3 is 6.09 Å². The fraction of sp³-hybridized carbons (Fsp3) is 0.923. The van der Waals surface area contributed by atoms with Crippen LogP contribution in [0.3, 0.4) is 0 Å². The average Bonchev–Trinajstić information content (AvgIpc) is 2.22. The first kappa shape index (κ1) is 19.2. The summed E-state index contributed by atoms with van der Waals surface area (Å²) < 4.78 is 31.5. The lowest BCUT2D eigenvalue weighted by Crippen LogP contribution is -2.33. The number of hydrogen-bond acceptors (Lipinski definition) is 5. The molecule has 120 valence electrons. The fourth-order valence-corrected chi connectivity index (χ4v) is 1.93. The Morgan fingerprint density at radius 1 is 1.25 bits per heavy atom. The van der Waals surface area contributed by atoms with E-state index in [4.69, 9.17) is 8.92 Å². The molecule has 1 amide bonds. The summed E-state index contributed by atoms with van der Waals surface area (Å²) in [6, 6.07) is 0. The lowest BCUT2D eigenvalue weighted by Gasteiger charge is -2.19. The number of amides is 1. The molecule has 7 heteroatoms. The van der Waals surface area contributed by atoms with Gasteiger partial charge in [0.2, 0.25) is 0 Å². The lowest BCUT2D eigenvalue weighted by molar-refractivity contribution is 0.0526. The third-order valence-corrected chi connectivity index (χ3v) is 2.92. The number of carbonyl (C=O) groups excluding carboxylic acids is 1. The molecule has 1 N–H and O–H groups in total. The summed E-state index contributed by atoms with van der Waals surface area (Å²) in [4.78, 5) is 11.3. The summed E-state index contributed by atoms with van der Waals surface area (Å²) in [6.07, 6.45) is 3.20. The van der Waals surface area contributed by atoms with E-state index in [2.05, 4.69) is 5.32 Å². The quantitative estimate of drug-likeness (QED) is 0.549. The zero-order valence-electron chi connectivity index (χ0n) is 13.1. The summed E-state index contributed by atoms with van der Waals surface area (Å²) in [5, 5.41) is 2.68. The van der Waals surface area contributed by atoms with Crippen molar-refractivity contribution in [2.75, 3.05) is 19.4 Å². The van der Waals surface area contributed by atoms with Crippen molar-refractivity contribution >= 4 is 16.2 Å². The average molecular weight is 309 g/mol. The van der Waals surface area contributed by atoms with Gasteiger partial charge in [-0.15, -0.1) is 0 Å². The maximum atomic E-state index is 11.3. The smallest absolute Gasteiger partial charge is 0.407 e. The third kappa shape index (κ3) is 13.6. The highest BCUT2D eigenvalue weighted by molar-refractivity contribution is 7.85. The van der Waals surface area contributed by atoms with Crippen molar-refractivity contribution in [2.45, 2.75) is 52.6 Å². The van der Waals surface area contributed by atoms with Crippen LogP contribution in [0.2, 0.25) is 0 Å². The molecule has 0 radical (unpaired) electrons. The second kappa shape index (κ2) is 8.46. The number of rotatable bonds is 8. The topological polar surface area (TPSA) is 81.7 Å². The van der Waals surface area contributed by atoms with Gasteiger partial charge in [0.15, 0.2) is 0 Å². The van der Waals surface area contributed by atoms with Crippen molar-refractivity contribution in [1.82, 2.24) is 5.32 Å². The molecule has 0 saturated heterocycles. The number of ether oxygens (including phenoxy) is 1. The van der Waals surface area contributed by atoms with Gasteiger partial charge in [0.1, 0.15) is 5.60 Å². The maximum absolute atomic E-state index is 11.3. The Balaban J connectivity index is 3.60. The molecule has 0 bridgehead atoms. The van der Waals surface area contributed by atoms with Crippen LogP contribution >= 0.6 is 0 Å². The largest absolute Gasteiger partial charge is 0.444 e. The zero-order valence-corrected chi connectivity index (χ0v) is 13.9. The van der Waals surface area contributed by atoms with Gasteiger partial charge in [-0.1, -0.05) is 13.3 Å². The van der Waals surface area contributed by atoms with E-state index in [1.54, 1.807) is 0 Å². The van der Waals surface area contributed by atoms with Crippen LogP contribution in [0.25, 0.3) is 0 Å². The SMILES string of the molecule is CC(CCCCNC(=O)OC(C)(C)C)COS(C)(=O)=O. The maximum Gasteiger partial charge on any atom is 0.407 e. The number of carbonyl (C=O) groups is 1. The predicted octanol–water partition coefficient (Wildman–Crippen LogP) is 2.29. The predicted molar refractivity (Wildman–Crippen MR) is 78.0 cm³/mol. The molecule has 0 spiro atoms. The molecule has 0 aromatic rings. The molecule has 1 unspecified atom stereocenters. The molecule has 0 aliphatic heterocycles. The Labute approximate surface area is 122 Å².